The van der Waals surface area contributed by atoms with Crippen LogP contribution in [-0.4, -0.2) is 10.2 Å². The summed E-state index contributed by atoms with van der Waals surface area (Å²) in [4.78, 5) is 0. The van der Waals surface area contributed by atoms with Crippen LogP contribution in [0, 0.1) is 11.3 Å². The van der Waals surface area contributed by atoms with Crippen molar-refractivity contribution >= 4 is 22.5 Å². The molecule has 1 aromatic carbocycles. The molecule has 4 heteroatoms. The van der Waals surface area contributed by atoms with Crippen molar-refractivity contribution in [2.24, 2.45) is 0 Å². The Morgan fingerprint density at radius 2 is 2.38 bits per heavy atom. The molecule has 1 N–H and O–H groups in total. The lowest BCUT2D eigenvalue weighted by Gasteiger charge is -1.94. The highest BCUT2D eigenvalue weighted by Crippen LogP contribution is 2.22. The summed E-state index contributed by atoms with van der Waals surface area (Å²) in [6.07, 6.45) is 0.360. The van der Waals surface area contributed by atoms with Gasteiger partial charge < -0.3 is 0 Å². The fraction of sp³-hybridized carbons (Fsp3) is 0.111. The van der Waals surface area contributed by atoms with Crippen molar-refractivity contribution in [3.8, 4) is 6.07 Å². The van der Waals surface area contributed by atoms with Crippen LogP contribution in [0.2, 0.25) is 5.15 Å². The third-order valence-electron chi connectivity index (χ3n) is 1.89. The van der Waals surface area contributed by atoms with Gasteiger partial charge in [-0.2, -0.15) is 10.4 Å². The number of hydrogen-bond donors (Lipinski definition) is 1. The fourth-order valence-electron chi connectivity index (χ4n) is 1.29. The van der Waals surface area contributed by atoms with Gasteiger partial charge in [-0.1, -0.05) is 23.7 Å². The van der Waals surface area contributed by atoms with Crippen molar-refractivity contribution in [3.05, 3.63) is 28.9 Å². The van der Waals surface area contributed by atoms with Crippen molar-refractivity contribution in [1.29, 1.82) is 5.26 Å². The lowest BCUT2D eigenvalue weighted by atomic mass is 10.1. The maximum Gasteiger partial charge on any atom is 0.132 e. The molecule has 13 heavy (non-hydrogen) atoms. The summed E-state index contributed by atoms with van der Waals surface area (Å²) in [6.45, 7) is 0. The van der Waals surface area contributed by atoms with E-state index in [0.717, 1.165) is 16.5 Å². The molecule has 0 amide bonds. The molecule has 0 fully saturated rings. The first-order valence-corrected chi connectivity index (χ1v) is 4.19. The Labute approximate surface area is 79.9 Å². The van der Waals surface area contributed by atoms with Gasteiger partial charge in [0.05, 0.1) is 18.0 Å². The first kappa shape index (κ1) is 8.09. The third kappa shape index (κ3) is 1.25. The molecule has 0 unspecified atom stereocenters. The van der Waals surface area contributed by atoms with Gasteiger partial charge in [-0.15, -0.1) is 0 Å². The summed E-state index contributed by atoms with van der Waals surface area (Å²) in [5.41, 5.74) is 1.69. The van der Waals surface area contributed by atoms with Crippen LogP contribution >= 0.6 is 11.6 Å². The van der Waals surface area contributed by atoms with Crippen molar-refractivity contribution in [2.75, 3.05) is 0 Å². The molecule has 0 aliphatic rings. The normalized spacial score (nSPS) is 10.2. The maximum atomic E-state index is 8.56. The Balaban J connectivity index is 2.71. The molecule has 1 aromatic heterocycles. The number of rotatable bonds is 1. The number of nitriles is 1. The first-order valence-electron chi connectivity index (χ1n) is 3.81. The Hall–Kier alpha value is -1.53. The van der Waals surface area contributed by atoms with Crippen molar-refractivity contribution < 1.29 is 0 Å². The van der Waals surface area contributed by atoms with Crippen LogP contribution < -0.4 is 0 Å². The molecule has 2 rings (SSSR count). The summed E-state index contributed by atoms with van der Waals surface area (Å²) < 4.78 is 0. The van der Waals surface area contributed by atoms with E-state index in [1.165, 1.54) is 0 Å². The second-order valence-electron chi connectivity index (χ2n) is 2.69. The number of fused-ring (bicyclic) bond motifs is 1. The van der Waals surface area contributed by atoms with Crippen LogP contribution in [0.4, 0.5) is 0 Å². The van der Waals surface area contributed by atoms with Gasteiger partial charge in [-0.3, -0.25) is 5.10 Å². The molecule has 1 heterocycles. The zero-order valence-corrected chi connectivity index (χ0v) is 7.47. The number of nitrogens with zero attached hydrogens (tertiary/aromatic N) is 2. The Morgan fingerprint density at radius 3 is 3.15 bits per heavy atom. The van der Waals surface area contributed by atoms with Gasteiger partial charge >= 0.3 is 0 Å². The average Bonchev–Trinajstić information content (AvgIpc) is 2.50. The number of nitrogens with one attached hydrogen (secondary N) is 1. The number of aromatic nitrogens is 2. The third-order valence-corrected chi connectivity index (χ3v) is 2.18. The minimum absolute atomic E-state index is 0.360. The van der Waals surface area contributed by atoms with Crippen LogP contribution in [-0.2, 0) is 6.42 Å². The number of para-hydroxylation sites is 1. The number of halogens is 1. The van der Waals surface area contributed by atoms with E-state index in [-0.39, 0.29) is 0 Å². The number of H-pyrrole nitrogens is 1. The molecule has 0 spiro atoms. The molecule has 3 nitrogen and oxygen atoms in total. The average molecular weight is 192 g/mol. The van der Waals surface area contributed by atoms with Gasteiger partial charge in [0.25, 0.3) is 0 Å². The first-order chi connectivity index (χ1) is 6.33. The van der Waals surface area contributed by atoms with E-state index in [9.17, 15) is 0 Å². The van der Waals surface area contributed by atoms with E-state index in [1.807, 2.05) is 18.2 Å². The Morgan fingerprint density at radius 1 is 1.54 bits per heavy atom. The molecule has 0 saturated heterocycles. The largest absolute Gasteiger partial charge is 0.266 e. The standard InChI is InChI=1S/C9H6ClN3/c10-9-7-3-1-2-6(4-5-11)8(7)12-13-9/h1-3H,4H2,(H,12,13). The van der Waals surface area contributed by atoms with Crippen LogP contribution in [0.15, 0.2) is 18.2 Å². The predicted molar refractivity (Wildman–Crippen MR) is 50.4 cm³/mol. The maximum absolute atomic E-state index is 8.56. The highest BCUT2D eigenvalue weighted by atomic mass is 35.5. The van der Waals surface area contributed by atoms with Crippen LogP contribution in [0.25, 0.3) is 10.9 Å². The molecule has 0 saturated carbocycles. The quantitative estimate of drug-likeness (QED) is 0.752. The van der Waals surface area contributed by atoms with Gasteiger partial charge in [0, 0.05) is 5.39 Å². The molecule has 0 bridgehead atoms. The van der Waals surface area contributed by atoms with Crippen LogP contribution in [0.3, 0.4) is 0 Å². The van der Waals surface area contributed by atoms with E-state index >= 15 is 0 Å². The molecule has 0 radical (unpaired) electrons. The van der Waals surface area contributed by atoms with Crippen LogP contribution in [0.5, 0.6) is 0 Å². The summed E-state index contributed by atoms with van der Waals surface area (Å²) in [5, 5.41) is 16.7. The zero-order valence-electron chi connectivity index (χ0n) is 6.71. The van der Waals surface area contributed by atoms with Gasteiger partial charge in [-0.25, -0.2) is 0 Å². The van der Waals surface area contributed by atoms with E-state index in [4.69, 9.17) is 16.9 Å². The summed E-state index contributed by atoms with van der Waals surface area (Å²) in [5.74, 6) is 0. The predicted octanol–water partition coefficient (Wildman–Crippen LogP) is 2.28. The second-order valence-corrected chi connectivity index (χ2v) is 3.06. The Bertz CT molecular complexity index is 481. The van der Waals surface area contributed by atoms with Crippen molar-refractivity contribution in [2.45, 2.75) is 6.42 Å². The highest BCUT2D eigenvalue weighted by Gasteiger charge is 2.06. The van der Waals surface area contributed by atoms with Gasteiger partial charge in [0.1, 0.15) is 5.15 Å². The molecule has 64 valence electrons. The molecule has 0 atom stereocenters. The van der Waals surface area contributed by atoms with Crippen molar-refractivity contribution in [3.63, 3.8) is 0 Å². The monoisotopic (exact) mass is 191 g/mol. The summed E-state index contributed by atoms with van der Waals surface area (Å²) >= 11 is 5.84. The SMILES string of the molecule is N#CCc1cccc2c(Cl)[nH]nc12. The summed E-state index contributed by atoms with van der Waals surface area (Å²) in [6, 6.07) is 7.71. The molecule has 0 aliphatic carbocycles. The lowest BCUT2D eigenvalue weighted by Crippen LogP contribution is -1.82. The van der Waals surface area contributed by atoms with Gasteiger partial charge in [-0.05, 0) is 11.6 Å². The van der Waals surface area contributed by atoms with Gasteiger partial charge in [0.2, 0.25) is 0 Å². The molecule has 2 aromatic rings. The van der Waals surface area contributed by atoms with E-state index in [0.29, 0.717) is 11.6 Å². The van der Waals surface area contributed by atoms with Gasteiger partial charge in [0.15, 0.2) is 0 Å². The van der Waals surface area contributed by atoms with E-state index < -0.39 is 0 Å². The molecule has 0 aliphatic heterocycles. The Kier molecular flexibility index (Phi) is 1.91. The van der Waals surface area contributed by atoms with E-state index in [1.54, 1.807) is 0 Å². The number of aromatic amines is 1. The smallest absolute Gasteiger partial charge is 0.132 e. The number of hydrogen-bond acceptors (Lipinski definition) is 2. The van der Waals surface area contributed by atoms with Crippen LogP contribution in [0.1, 0.15) is 5.56 Å². The zero-order chi connectivity index (χ0) is 9.26. The summed E-state index contributed by atoms with van der Waals surface area (Å²) in [7, 11) is 0. The minimum atomic E-state index is 0.360. The molecular weight excluding hydrogens is 186 g/mol. The fourth-order valence-corrected chi connectivity index (χ4v) is 1.49. The topological polar surface area (TPSA) is 52.5 Å². The minimum Gasteiger partial charge on any atom is -0.266 e. The van der Waals surface area contributed by atoms with E-state index in [2.05, 4.69) is 16.3 Å². The second kappa shape index (κ2) is 3.08. The molecular formula is C9H6ClN3. The number of benzene rings is 1. The highest BCUT2D eigenvalue weighted by molar-refractivity contribution is 6.34. The lowest BCUT2D eigenvalue weighted by molar-refractivity contribution is 1.11. The van der Waals surface area contributed by atoms with Crippen molar-refractivity contribution in [1.82, 2.24) is 10.2 Å².